The molecule has 0 aromatic carbocycles. The van der Waals surface area contributed by atoms with Gasteiger partial charge < -0.3 is 42.7 Å². The van der Waals surface area contributed by atoms with E-state index >= 15 is 0 Å². The predicted molar refractivity (Wildman–Crippen MR) is 109 cm³/mol. The Morgan fingerprint density at radius 3 is 1.78 bits per heavy atom. The Bertz CT molecular complexity index is 713. The molecule has 0 aliphatic carbocycles. The van der Waals surface area contributed by atoms with Crippen LogP contribution in [0, 0.1) is 5.92 Å². The maximum Gasteiger partial charge on any atom is 0.326 e. The molecule has 4 amide bonds. The molecule has 0 aromatic rings. The van der Waals surface area contributed by atoms with Crippen LogP contribution in [0.1, 0.15) is 39.5 Å². The van der Waals surface area contributed by atoms with Crippen molar-refractivity contribution in [2.45, 2.75) is 63.7 Å². The van der Waals surface area contributed by atoms with Gasteiger partial charge in [-0.25, -0.2) is 4.79 Å². The number of amides is 4. The van der Waals surface area contributed by atoms with Crippen molar-refractivity contribution in [1.82, 2.24) is 16.0 Å². The molecular weight excluding hydrogens is 430 g/mol. The van der Waals surface area contributed by atoms with E-state index in [1.54, 1.807) is 13.8 Å². The molecular formula is C18H31N5O9. The number of hydrogen-bond donors (Lipinski definition) is 8. The van der Waals surface area contributed by atoms with Crippen molar-refractivity contribution in [3.8, 4) is 0 Å². The average molecular weight is 461 g/mol. The number of carboxylic acid groups (broad SMARTS) is 2. The van der Waals surface area contributed by atoms with Crippen molar-refractivity contribution < 1.29 is 44.1 Å². The molecule has 0 aliphatic heterocycles. The van der Waals surface area contributed by atoms with Crippen molar-refractivity contribution in [3.05, 3.63) is 0 Å². The molecule has 14 nitrogen and oxygen atoms in total. The second-order valence-corrected chi connectivity index (χ2v) is 7.54. The molecule has 0 spiro atoms. The Kier molecular flexibility index (Phi) is 12.5. The summed E-state index contributed by atoms with van der Waals surface area (Å²) in [7, 11) is 0. The number of carbonyl (C=O) groups is 6. The number of carboxylic acids is 2. The van der Waals surface area contributed by atoms with Gasteiger partial charge in [0.25, 0.3) is 0 Å². The van der Waals surface area contributed by atoms with E-state index < -0.39 is 72.8 Å². The molecule has 0 saturated heterocycles. The molecule has 0 bridgehead atoms. The molecule has 182 valence electrons. The van der Waals surface area contributed by atoms with E-state index in [9.17, 15) is 39.0 Å². The molecule has 4 atom stereocenters. The summed E-state index contributed by atoms with van der Waals surface area (Å²) >= 11 is 0. The van der Waals surface area contributed by atoms with E-state index in [0.29, 0.717) is 0 Å². The van der Waals surface area contributed by atoms with Crippen LogP contribution in [0.25, 0.3) is 0 Å². The fourth-order valence-corrected chi connectivity index (χ4v) is 2.52. The van der Waals surface area contributed by atoms with Gasteiger partial charge in [-0.15, -0.1) is 0 Å². The average Bonchev–Trinajstić information content (AvgIpc) is 2.67. The fraction of sp³-hybridized carbons (Fsp3) is 0.667. The summed E-state index contributed by atoms with van der Waals surface area (Å²) in [6.45, 7) is 2.54. The maximum atomic E-state index is 12.4. The van der Waals surface area contributed by atoms with Gasteiger partial charge in [0.1, 0.15) is 18.1 Å². The van der Waals surface area contributed by atoms with Crippen LogP contribution in [0.4, 0.5) is 0 Å². The number of aliphatic carboxylic acids is 2. The van der Waals surface area contributed by atoms with Crippen LogP contribution < -0.4 is 27.4 Å². The highest BCUT2D eigenvalue weighted by Crippen LogP contribution is 2.06. The smallest absolute Gasteiger partial charge is 0.326 e. The van der Waals surface area contributed by atoms with Crippen LogP contribution in [-0.4, -0.2) is 81.7 Å². The summed E-state index contributed by atoms with van der Waals surface area (Å²) in [5.74, 6) is -6.63. The number of aliphatic hydroxyl groups is 1. The molecule has 0 saturated carbocycles. The zero-order valence-corrected chi connectivity index (χ0v) is 17.9. The number of hydrogen-bond acceptors (Lipinski definition) is 8. The topological polar surface area (TPSA) is 251 Å². The van der Waals surface area contributed by atoms with Gasteiger partial charge in [0, 0.05) is 6.42 Å². The second kappa shape index (κ2) is 13.9. The first-order chi connectivity index (χ1) is 14.8. The number of rotatable bonds is 15. The van der Waals surface area contributed by atoms with Crippen LogP contribution in [0.15, 0.2) is 0 Å². The monoisotopic (exact) mass is 461 g/mol. The first kappa shape index (κ1) is 28.7. The van der Waals surface area contributed by atoms with Crippen molar-refractivity contribution in [2.24, 2.45) is 17.4 Å². The number of aliphatic hydroxyl groups excluding tert-OH is 1. The first-order valence-electron chi connectivity index (χ1n) is 9.78. The van der Waals surface area contributed by atoms with Gasteiger partial charge in [-0.1, -0.05) is 13.8 Å². The Morgan fingerprint density at radius 1 is 0.844 bits per heavy atom. The van der Waals surface area contributed by atoms with Gasteiger partial charge in [0.2, 0.25) is 23.6 Å². The lowest BCUT2D eigenvalue weighted by atomic mass is 10.0. The van der Waals surface area contributed by atoms with E-state index in [-0.39, 0.29) is 25.2 Å². The minimum Gasteiger partial charge on any atom is -0.481 e. The highest BCUT2D eigenvalue weighted by molar-refractivity contribution is 5.95. The van der Waals surface area contributed by atoms with E-state index in [0.717, 1.165) is 0 Å². The molecule has 0 heterocycles. The van der Waals surface area contributed by atoms with Gasteiger partial charge in [-0.3, -0.25) is 24.0 Å². The molecule has 0 rings (SSSR count). The zero-order valence-electron chi connectivity index (χ0n) is 17.9. The Labute approximate surface area is 184 Å². The lowest BCUT2D eigenvalue weighted by molar-refractivity contribution is -0.144. The Balaban J connectivity index is 5.25. The maximum absolute atomic E-state index is 12.4. The number of nitrogens with two attached hydrogens (primary N) is 2. The van der Waals surface area contributed by atoms with Crippen LogP contribution >= 0.6 is 0 Å². The molecule has 0 aliphatic rings. The van der Waals surface area contributed by atoms with E-state index in [4.69, 9.17) is 16.6 Å². The third-order valence-electron chi connectivity index (χ3n) is 4.19. The van der Waals surface area contributed by atoms with Gasteiger partial charge in [0.15, 0.2) is 0 Å². The molecule has 0 aromatic heterocycles. The minimum atomic E-state index is -1.68. The third-order valence-corrected chi connectivity index (χ3v) is 4.19. The Hall–Kier alpha value is -3.26. The molecule has 0 radical (unpaired) electrons. The number of nitrogens with one attached hydrogen (secondary N) is 3. The zero-order chi connectivity index (χ0) is 25.0. The van der Waals surface area contributed by atoms with Gasteiger partial charge >= 0.3 is 11.9 Å². The number of primary amides is 1. The van der Waals surface area contributed by atoms with Gasteiger partial charge in [-0.2, -0.15) is 0 Å². The van der Waals surface area contributed by atoms with Gasteiger partial charge in [-0.05, 0) is 18.8 Å². The van der Waals surface area contributed by atoms with E-state index in [1.807, 2.05) is 0 Å². The van der Waals surface area contributed by atoms with Crippen molar-refractivity contribution in [3.63, 3.8) is 0 Å². The lowest BCUT2D eigenvalue weighted by Crippen LogP contribution is -2.58. The third kappa shape index (κ3) is 11.2. The highest BCUT2D eigenvalue weighted by Gasteiger charge is 2.31. The molecule has 0 fully saturated rings. The summed E-state index contributed by atoms with van der Waals surface area (Å²) in [5.41, 5.74) is 10.5. The fourth-order valence-electron chi connectivity index (χ4n) is 2.52. The minimum absolute atomic E-state index is 0.0628. The van der Waals surface area contributed by atoms with Crippen LogP contribution in [0.5, 0.6) is 0 Å². The summed E-state index contributed by atoms with van der Waals surface area (Å²) < 4.78 is 0. The summed E-state index contributed by atoms with van der Waals surface area (Å²) in [4.78, 5) is 70.1. The lowest BCUT2D eigenvalue weighted by Gasteiger charge is -2.24. The Morgan fingerprint density at radius 2 is 1.34 bits per heavy atom. The summed E-state index contributed by atoms with van der Waals surface area (Å²) in [6.07, 6.45) is -1.12. The van der Waals surface area contributed by atoms with E-state index in [2.05, 4.69) is 16.0 Å². The van der Waals surface area contributed by atoms with Crippen LogP contribution in [0.2, 0.25) is 0 Å². The van der Waals surface area contributed by atoms with Crippen molar-refractivity contribution in [1.29, 1.82) is 0 Å². The quantitative estimate of drug-likeness (QED) is 0.120. The molecule has 4 unspecified atom stereocenters. The largest absolute Gasteiger partial charge is 0.481 e. The second-order valence-electron chi connectivity index (χ2n) is 7.54. The normalized spacial score (nSPS) is 14.5. The standard InChI is InChI=1S/C18H31N5O9/c1-8(2)5-11(18(31)32)22-16(29)10(6-14(26)27)21-17(30)12(7-24)23-15(28)9(19)3-4-13(20)25/h8-12,24H,3-7,19H2,1-2H3,(H2,20,25)(H,21,30)(H,22,29)(H,23,28)(H,26,27)(H,31,32). The summed E-state index contributed by atoms with van der Waals surface area (Å²) in [5, 5.41) is 34.0. The van der Waals surface area contributed by atoms with Gasteiger partial charge in [0.05, 0.1) is 19.1 Å². The highest BCUT2D eigenvalue weighted by atomic mass is 16.4. The summed E-state index contributed by atoms with van der Waals surface area (Å²) in [6, 6.07) is -5.79. The van der Waals surface area contributed by atoms with E-state index in [1.165, 1.54) is 0 Å². The van der Waals surface area contributed by atoms with Crippen molar-refractivity contribution >= 4 is 35.6 Å². The number of carbonyl (C=O) groups excluding carboxylic acids is 4. The van der Waals surface area contributed by atoms with Crippen LogP contribution in [0.3, 0.4) is 0 Å². The molecule has 10 N–H and O–H groups in total. The van der Waals surface area contributed by atoms with Crippen molar-refractivity contribution in [2.75, 3.05) is 6.61 Å². The molecule has 32 heavy (non-hydrogen) atoms. The SMILES string of the molecule is CC(C)CC(NC(=O)C(CC(=O)O)NC(=O)C(CO)NC(=O)C(N)CCC(N)=O)C(=O)O. The predicted octanol–water partition coefficient (Wildman–Crippen LogP) is -3.37. The molecule has 14 heteroatoms. The first-order valence-corrected chi connectivity index (χ1v) is 9.78. The van der Waals surface area contributed by atoms with Crippen LogP contribution in [-0.2, 0) is 28.8 Å².